The number of nitrogens with one attached hydrogen (secondary N) is 1. The molecule has 3 atom stereocenters. The molecule has 0 aromatic carbocycles. The number of primary amides is 1. The monoisotopic (exact) mass is 413 g/mol. The van der Waals surface area contributed by atoms with E-state index in [1.54, 1.807) is 17.0 Å². The van der Waals surface area contributed by atoms with Gasteiger partial charge in [-0.1, -0.05) is 6.42 Å². The molecule has 5 heterocycles. The zero-order chi connectivity index (χ0) is 20.8. The average Bonchev–Trinajstić information content (AvgIpc) is 3.32. The molecule has 0 aliphatic carbocycles. The molecule has 2 unspecified atom stereocenters. The maximum absolute atomic E-state index is 13.0. The number of nitrogens with two attached hydrogens (primary N) is 1. The maximum atomic E-state index is 13.0. The first-order valence-corrected chi connectivity index (χ1v) is 10.6. The van der Waals surface area contributed by atoms with Gasteiger partial charge in [-0.2, -0.15) is 0 Å². The number of rotatable bonds is 3. The van der Waals surface area contributed by atoms with Crippen molar-refractivity contribution in [3.8, 4) is 0 Å². The van der Waals surface area contributed by atoms with Gasteiger partial charge >= 0.3 is 6.03 Å². The number of fused-ring (bicyclic) bond motifs is 3. The summed E-state index contributed by atoms with van der Waals surface area (Å²) in [7, 11) is 0. The number of pyridine rings is 1. The van der Waals surface area contributed by atoms with Crippen molar-refractivity contribution in [3.05, 3.63) is 23.6 Å². The fourth-order valence-corrected chi connectivity index (χ4v) is 5.18. The molecule has 3 saturated heterocycles. The van der Waals surface area contributed by atoms with Crippen molar-refractivity contribution in [2.45, 2.75) is 50.7 Å². The molecule has 30 heavy (non-hydrogen) atoms. The number of aromatic nitrogens is 1. The Morgan fingerprint density at radius 2 is 1.93 bits per heavy atom. The number of carbonyl (C=O) groups excluding carboxylic acids is 2. The lowest BCUT2D eigenvalue weighted by Gasteiger charge is -2.48. The van der Waals surface area contributed by atoms with Gasteiger partial charge in [-0.05, 0) is 38.3 Å². The first-order chi connectivity index (χ1) is 14.5. The zero-order valence-electron chi connectivity index (χ0n) is 17.1. The molecule has 0 saturated carbocycles. The molecular weight excluding hydrogens is 386 g/mol. The van der Waals surface area contributed by atoms with Gasteiger partial charge in [-0.15, -0.1) is 0 Å². The van der Waals surface area contributed by atoms with Gasteiger partial charge in [-0.3, -0.25) is 9.69 Å². The van der Waals surface area contributed by atoms with Gasteiger partial charge in [0.2, 0.25) is 11.5 Å². The Morgan fingerprint density at radius 1 is 1.17 bits per heavy atom. The van der Waals surface area contributed by atoms with E-state index >= 15 is 0 Å². The molecule has 0 radical (unpaired) electrons. The van der Waals surface area contributed by atoms with Crippen LogP contribution in [-0.2, 0) is 4.74 Å². The summed E-state index contributed by atoms with van der Waals surface area (Å²) in [4.78, 5) is 33.6. The van der Waals surface area contributed by atoms with Crippen LogP contribution in [0.15, 0.2) is 16.5 Å². The lowest BCUT2D eigenvalue weighted by Crippen LogP contribution is -2.59. The number of morpholine rings is 1. The van der Waals surface area contributed by atoms with E-state index in [0.717, 1.165) is 38.2 Å². The first-order valence-electron chi connectivity index (χ1n) is 10.6. The number of hydrogen-bond donors (Lipinski definition) is 2. The molecule has 0 spiro atoms. The van der Waals surface area contributed by atoms with Crippen molar-refractivity contribution in [2.24, 2.45) is 5.73 Å². The molecule has 5 rings (SSSR count). The Balaban J connectivity index is 1.33. The van der Waals surface area contributed by atoms with Crippen molar-refractivity contribution >= 4 is 28.7 Å². The van der Waals surface area contributed by atoms with E-state index in [9.17, 15) is 9.59 Å². The number of nitrogens with zero attached hydrogens (tertiary/aromatic N) is 3. The Kier molecular flexibility index (Phi) is 4.86. The van der Waals surface area contributed by atoms with Crippen LogP contribution in [0.1, 0.15) is 41.9 Å². The minimum Gasteiger partial charge on any atom is -0.430 e. The lowest BCUT2D eigenvalue weighted by molar-refractivity contribution is -0.0907. The second-order valence-corrected chi connectivity index (χ2v) is 8.52. The summed E-state index contributed by atoms with van der Waals surface area (Å²) in [6, 6.07) is 4.60. The van der Waals surface area contributed by atoms with Crippen LogP contribution < -0.4 is 11.1 Å². The summed E-state index contributed by atoms with van der Waals surface area (Å²) in [5, 5.41) is 3.43. The maximum Gasteiger partial charge on any atom is 0.322 e. The molecule has 2 aromatic rings. The number of piperidine rings is 1. The standard InChI is InChI=1S/C21H27N5O4/c1-12-5-6-16-17(18(19(22)27)30-20(16)23-12)24-21(28)25-8-7-13(9-25)26-14-3-2-4-15(26)11-29-10-14/h5-6,13-15H,2-4,7-11H2,1H3,(H2,22,27)(H,24,28)/t13?,14-,15?/m1/s1. The van der Waals surface area contributed by atoms with Gasteiger partial charge < -0.3 is 25.1 Å². The van der Waals surface area contributed by atoms with Gasteiger partial charge in [0.1, 0.15) is 5.69 Å². The highest BCUT2D eigenvalue weighted by Crippen LogP contribution is 2.33. The Bertz CT molecular complexity index is 967. The predicted molar refractivity (Wildman–Crippen MR) is 110 cm³/mol. The molecule has 3 aliphatic rings. The average molecular weight is 413 g/mol. The van der Waals surface area contributed by atoms with E-state index in [1.807, 2.05) is 6.92 Å². The highest BCUT2D eigenvalue weighted by molar-refractivity contribution is 6.09. The van der Waals surface area contributed by atoms with Crippen LogP contribution in [0.4, 0.5) is 10.5 Å². The largest absolute Gasteiger partial charge is 0.430 e. The summed E-state index contributed by atoms with van der Waals surface area (Å²) in [6.45, 7) is 4.74. The van der Waals surface area contributed by atoms with Gasteiger partial charge in [0.25, 0.3) is 5.91 Å². The molecule has 3 fully saturated rings. The van der Waals surface area contributed by atoms with E-state index in [1.165, 1.54) is 6.42 Å². The number of furan rings is 1. The molecule has 3 amide bonds. The number of anilines is 1. The smallest absolute Gasteiger partial charge is 0.322 e. The Labute approximate surface area is 174 Å². The van der Waals surface area contributed by atoms with Crippen molar-refractivity contribution in [1.29, 1.82) is 0 Å². The van der Waals surface area contributed by atoms with E-state index in [2.05, 4.69) is 15.2 Å². The van der Waals surface area contributed by atoms with E-state index in [0.29, 0.717) is 48.0 Å². The summed E-state index contributed by atoms with van der Waals surface area (Å²) in [6.07, 6.45) is 4.52. The topological polar surface area (TPSA) is 114 Å². The Morgan fingerprint density at radius 3 is 2.67 bits per heavy atom. The molecular formula is C21H27N5O4. The SMILES string of the molecule is Cc1ccc2c(NC(=O)N3CCC(N4C5CCC[C@@H]4COC5)C3)c(C(N)=O)oc2n1. The number of hydrogen-bond acceptors (Lipinski definition) is 6. The number of aryl methyl sites for hydroxylation is 1. The number of amides is 3. The third-order valence-corrected chi connectivity index (χ3v) is 6.56. The molecule has 9 nitrogen and oxygen atoms in total. The van der Waals surface area contributed by atoms with Crippen LogP contribution in [-0.4, -0.2) is 71.2 Å². The van der Waals surface area contributed by atoms with Crippen LogP contribution in [0.2, 0.25) is 0 Å². The number of urea groups is 1. The Hall–Kier alpha value is -2.65. The quantitative estimate of drug-likeness (QED) is 0.797. The highest BCUT2D eigenvalue weighted by atomic mass is 16.5. The fourth-order valence-electron chi connectivity index (χ4n) is 5.18. The molecule has 3 N–H and O–H groups in total. The predicted octanol–water partition coefficient (Wildman–Crippen LogP) is 2.09. The molecule has 3 aliphatic heterocycles. The normalized spacial score (nSPS) is 26.8. The van der Waals surface area contributed by atoms with E-state index in [-0.39, 0.29) is 11.8 Å². The van der Waals surface area contributed by atoms with Crippen molar-refractivity contribution < 1.29 is 18.7 Å². The van der Waals surface area contributed by atoms with Crippen LogP contribution in [0.3, 0.4) is 0 Å². The van der Waals surface area contributed by atoms with Gasteiger partial charge in [0, 0.05) is 36.9 Å². The second kappa shape index (κ2) is 7.55. The summed E-state index contributed by atoms with van der Waals surface area (Å²) in [5.41, 5.74) is 6.81. The molecule has 160 valence electrons. The van der Waals surface area contributed by atoms with Crippen molar-refractivity contribution in [2.75, 3.05) is 31.6 Å². The number of ether oxygens (including phenoxy) is 1. The van der Waals surface area contributed by atoms with Crippen LogP contribution in [0.5, 0.6) is 0 Å². The van der Waals surface area contributed by atoms with Crippen LogP contribution >= 0.6 is 0 Å². The summed E-state index contributed by atoms with van der Waals surface area (Å²) < 4.78 is 11.3. The summed E-state index contributed by atoms with van der Waals surface area (Å²) >= 11 is 0. The van der Waals surface area contributed by atoms with E-state index in [4.69, 9.17) is 14.9 Å². The molecule has 2 aromatic heterocycles. The molecule has 2 bridgehead atoms. The van der Waals surface area contributed by atoms with Gasteiger partial charge in [0.15, 0.2) is 0 Å². The van der Waals surface area contributed by atoms with Crippen molar-refractivity contribution in [1.82, 2.24) is 14.8 Å². The lowest BCUT2D eigenvalue weighted by atomic mass is 9.92. The van der Waals surface area contributed by atoms with Crippen molar-refractivity contribution in [3.63, 3.8) is 0 Å². The molecule has 9 heteroatoms. The number of carbonyl (C=O) groups is 2. The van der Waals surface area contributed by atoms with Gasteiger partial charge in [0.05, 0.1) is 18.6 Å². The number of likely N-dealkylation sites (tertiary alicyclic amines) is 1. The highest BCUT2D eigenvalue weighted by Gasteiger charge is 2.42. The summed E-state index contributed by atoms with van der Waals surface area (Å²) in [5.74, 6) is -0.809. The first kappa shape index (κ1) is 19.3. The second-order valence-electron chi connectivity index (χ2n) is 8.52. The van der Waals surface area contributed by atoms with Gasteiger partial charge in [-0.25, -0.2) is 9.78 Å². The minimum absolute atomic E-state index is 0.0742. The fraction of sp³-hybridized carbons (Fsp3) is 0.571. The van der Waals surface area contributed by atoms with E-state index < -0.39 is 5.91 Å². The van der Waals surface area contributed by atoms with Crippen LogP contribution in [0, 0.1) is 6.92 Å². The minimum atomic E-state index is -0.735. The third-order valence-electron chi connectivity index (χ3n) is 6.56. The third kappa shape index (κ3) is 3.31. The van der Waals surface area contributed by atoms with Crippen LogP contribution in [0.25, 0.3) is 11.1 Å². The zero-order valence-corrected chi connectivity index (χ0v) is 17.1.